The monoisotopic (exact) mass is 389 g/mol. The minimum Gasteiger partial charge on any atom is -0.372 e. The number of amides is 1. The molecule has 3 rings (SSSR count). The second-order valence-electron chi connectivity index (χ2n) is 6.88. The number of anilines is 4. The second kappa shape index (κ2) is 9.19. The zero-order valence-electron chi connectivity index (χ0n) is 17.4. The maximum Gasteiger partial charge on any atom is 0.275 e. The van der Waals surface area contributed by atoms with E-state index in [1.54, 1.807) is 6.20 Å². The van der Waals surface area contributed by atoms with Crippen LogP contribution >= 0.6 is 0 Å². The van der Waals surface area contributed by atoms with E-state index in [1.165, 1.54) is 17.3 Å². The molecule has 6 heteroatoms. The Morgan fingerprint density at radius 3 is 2.17 bits per heavy atom. The highest BCUT2D eigenvalue weighted by molar-refractivity contribution is 6.02. The highest BCUT2D eigenvalue weighted by Crippen LogP contribution is 2.19. The first-order valence-electron chi connectivity index (χ1n) is 9.82. The highest BCUT2D eigenvalue weighted by atomic mass is 16.1. The van der Waals surface area contributed by atoms with E-state index in [1.807, 2.05) is 30.3 Å². The molecule has 0 spiro atoms. The number of carbonyl (C=O) groups is 1. The van der Waals surface area contributed by atoms with Gasteiger partial charge in [0.25, 0.3) is 5.91 Å². The average Bonchev–Trinajstić information content (AvgIpc) is 2.73. The Kier molecular flexibility index (Phi) is 6.44. The van der Waals surface area contributed by atoms with Gasteiger partial charge in [0.05, 0.1) is 12.4 Å². The van der Waals surface area contributed by atoms with Crippen LogP contribution in [-0.4, -0.2) is 29.0 Å². The summed E-state index contributed by atoms with van der Waals surface area (Å²) in [6.07, 6.45) is 3.04. The van der Waals surface area contributed by atoms with Crippen LogP contribution in [-0.2, 0) is 0 Å². The van der Waals surface area contributed by atoms with Gasteiger partial charge in [-0.25, -0.2) is 9.97 Å². The summed E-state index contributed by atoms with van der Waals surface area (Å²) in [4.78, 5) is 23.2. The predicted octanol–water partition coefficient (Wildman–Crippen LogP) is 4.94. The molecule has 0 bridgehead atoms. The number of nitrogens with one attached hydrogen (secondary N) is 2. The molecule has 0 unspecified atom stereocenters. The van der Waals surface area contributed by atoms with Crippen molar-refractivity contribution in [1.82, 2.24) is 9.97 Å². The van der Waals surface area contributed by atoms with Crippen LogP contribution in [0.25, 0.3) is 0 Å². The fraction of sp³-hybridized carbons (Fsp3) is 0.261. The molecule has 150 valence electrons. The van der Waals surface area contributed by atoms with Gasteiger partial charge in [-0.05, 0) is 75.2 Å². The first-order chi connectivity index (χ1) is 14.0. The van der Waals surface area contributed by atoms with E-state index >= 15 is 0 Å². The summed E-state index contributed by atoms with van der Waals surface area (Å²) in [7, 11) is 0. The standard InChI is InChI=1S/C23H27N5O/c1-5-28(6-2)20-11-9-18(10-12-20)27-23(29)21-14-25-22(15-24-21)26-19-8-7-16(3)17(4)13-19/h7-15H,5-6H2,1-4H3,(H,25,26)(H,27,29). The zero-order chi connectivity index (χ0) is 20.8. The Hall–Kier alpha value is -3.41. The molecule has 3 aromatic rings. The van der Waals surface area contributed by atoms with Gasteiger partial charge in [0.15, 0.2) is 0 Å². The van der Waals surface area contributed by atoms with E-state index in [4.69, 9.17) is 0 Å². The van der Waals surface area contributed by atoms with E-state index in [0.29, 0.717) is 5.82 Å². The third-order valence-electron chi connectivity index (χ3n) is 4.92. The molecule has 0 radical (unpaired) electrons. The number of benzene rings is 2. The SMILES string of the molecule is CCN(CC)c1ccc(NC(=O)c2cnc(Nc3ccc(C)c(C)c3)cn2)cc1. The zero-order valence-corrected chi connectivity index (χ0v) is 17.4. The second-order valence-corrected chi connectivity index (χ2v) is 6.88. The summed E-state index contributed by atoms with van der Waals surface area (Å²) in [5, 5.41) is 6.07. The van der Waals surface area contributed by atoms with Crippen LogP contribution in [0.1, 0.15) is 35.5 Å². The predicted molar refractivity (Wildman–Crippen MR) is 119 cm³/mol. The molecule has 1 aromatic heterocycles. The maximum atomic E-state index is 12.5. The van der Waals surface area contributed by atoms with Crippen LogP contribution in [0.3, 0.4) is 0 Å². The van der Waals surface area contributed by atoms with Gasteiger partial charge in [-0.3, -0.25) is 4.79 Å². The van der Waals surface area contributed by atoms with Gasteiger partial charge in [0.1, 0.15) is 11.5 Å². The fourth-order valence-corrected chi connectivity index (χ4v) is 3.02. The van der Waals surface area contributed by atoms with Crippen LogP contribution < -0.4 is 15.5 Å². The van der Waals surface area contributed by atoms with Gasteiger partial charge < -0.3 is 15.5 Å². The van der Waals surface area contributed by atoms with Crippen LogP contribution in [0, 0.1) is 13.8 Å². The molecule has 0 saturated carbocycles. The Balaban J connectivity index is 1.63. The van der Waals surface area contributed by atoms with Gasteiger partial charge in [0.2, 0.25) is 0 Å². The smallest absolute Gasteiger partial charge is 0.275 e. The Bertz CT molecular complexity index is 964. The van der Waals surface area contributed by atoms with Gasteiger partial charge in [-0.2, -0.15) is 0 Å². The minimum absolute atomic E-state index is 0.267. The lowest BCUT2D eigenvalue weighted by Gasteiger charge is -2.21. The fourth-order valence-electron chi connectivity index (χ4n) is 3.02. The number of rotatable bonds is 7. The van der Waals surface area contributed by atoms with Gasteiger partial charge >= 0.3 is 0 Å². The molecule has 0 aliphatic rings. The van der Waals surface area contributed by atoms with E-state index in [-0.39, 0.29) is 11.6 Å². The van der Waals surface area contributed by atoms with Crippen molar-refractivity contribution >= 4 is 28.8 Å². The Labute approximate surface area is 172 Å². The third kappa shape index (κ3) is 5.10. The first-order valence-corrected chi connectivity index (χ1v) is 9.82. The molecule has 2 N–H and O–H groups in total. The van der Waals surface area contributed by atoms with E-state index in [9.17, 15) is 4.79 Å². The van der Waals surface area contributed by atoms with Crippen LogP contribution in [0.4, 0.5) is 22.9 Å². The number of nitrogens with zero attached hydrogens (tertiary/aromatic N) is 3. The minimum atomic E-state index is -0.286. The molecule has 0 saturated heterocycles. The largest absolute Gasteiger partial charge is 0.372 e. The maximum absolute atomic E-state index is 12.5. The van der Waals surface area contributed by atoms with Crippen molar-refractivity contribution in [1.29, 1.82) is 0 Å². The van der Waals surface area contributed by atoms with Crippen LogP contribution in [0.5, 0.6) is 0 Å². The molecule has 2 aromatic carbocycles. The number of hydrogen-bond donors (Lipinski definition) is 2. The molecular weight excluding hydrogens is 362 g/mol. The number of carbonyl (C=O) groups excluding carboxylic acids is 1. The number of hydrogen-bond acceptors (Lipinski definition) is 5. The Morgan fingerprint density at radius 2 is 1.59 bits per heavy atom. The van der Waals surface area contributed by atoms with Gasteiger partial charge in [-0.15, -0.1) is 0 Å². The molecule has 0 atom stereocenters. The summed E-state index contributed by atoms with van der Waals surface area (Å²) in [6.45, 7) is 10.3. The lowest BCUT2D eigenvalue weighted by molar-refractivity contribution is 0.102. The van der Waals surface area contributed by atoms with Crippen molar-refractivity contribution in [3.05, 3.63) is 71.7 Å². The van der Waals surface area contributed by atoms with Gasteiger partial charge in [0, 0.05) is 30.2 Å². The third-order valence-corrected chi connectivity index (χ3v) is 4.92. The molecule has 29 heavy (non-hydrogen) atoms. The van der Waals surface area contributed by atoms with Crippen molar-refractivity contribution in [2.45, 2.75) is 27.7 Å². The average molecular weight is 390 g/mol. The topological polar surface area (TPSA) is 70.2 Å². The normalized spacial score (nSPS) is 10.5. The molecule has 0 aliphatic heterocycles. The van der Waals surface area contributed by atoms with Crippen molar-refractivity contribution in [3.8, 4) is 0 Å². The van der Waals surface area contributed by atoms with Crippen LogP contribution in [0.15, 0.2) is 54.9 Å². The van der Waals surface area contributed by atoms with Crippen molar-refractivity contribution in [2.75, 3.05) is 28.6 Å². The van der Waals surface area contributed by atoms with Crippen molar-refractivity contribution in [3.63, 3.8) is 0 Å². The molecule has 1 heterocycles. The molecule has 1 amide bonds. The summed E-state index contributed by atoms with van der Waals surface area (Å²) in [6, 6.07) is 13.9. The first kappa shape index (κ1) is 20.3. The van der Waals surface area contributed by atoms with E-state index in [2.05, 4.69) is 65.3 Å². The van der Waals surface area contributed by atoms with Crippen molar-refractivity contribution < 1.29 is 4.79 Å². The molecular formula is C23H27N5O. The lowest BCUT2D eigenvalue weighted by Crippen LogP contribution is -2.21. The number of aromatic nitrogens is 2. The molecule has 0 aliphatic carbocycles. The van der Waals surface area contributed by atoms with E-state index in [0.717, 1.165) is 30.2 Å². The summed E-state index contributed by atoms with van der Waals surface area (Å²) >= 11 is 0. The Morgan fingerprint density at radius 1 is 0.897 bits per heavy atom. The summed E-state index contributed by atoms with van der Waals surface area (Å²) < 4.78 is 0. The molecule has 0 fully saturated rings. The lowest BCUT2D eigenvalue weighted by atomic mass is 10.1. The quantitative estimate of drug-likeness (QED) is 0.599. The molecule has 6 nitrogen and oxygen atoms in total. The van der Waals surface area contributed by atoms with Gasteiger partial charge in [-0.1, -0.05) is 6.07 Å². The van der Waals surface area contributed by atoms with Crippen LogP contribution in [0.2, 0.25) is 0 Å². The number of aryl methyl sites for hydroxylation is 2. The summed E-state index contributed by atoms with van der Waals surface area (Å²) in [5.74, 6) is 0.305. The van der Waals surface area contributed by atoms with E-state index < -0.39 is 0 Å². The van der Waals surface area contributed by atoms with Crippen molar-refractivity contribution in [2.24, 2.45) is 0 Å². The summed E-state index contributed by atoms with van der Waals surface area (Å²) in [5.41, 5.74) is 5.50. The highest BCUT2D eigenvalue weighted by Gasteiger charge is 2.10.